The molecule has 19 heavy (non-hydrogen) atoms. The summed E-state index contributed by atoms with van der Waals surface area (Å²) in [5.74, 6) is 3.67. The molecule has 4 aliphatic rings. The molecule has 0 radical (unpaired) electrons. The Kier molecular flexibility index (Phi) is 3.03. The number of amides is 1. The maximum atomic E-state index is 12.2. The first kappa shape index (κ1) is 12.2. The molecule has 1 amide bonds. The van der Waals surface area contributed by atoms with Crippen LogP contribution in [-0.4, -0.2) is 37.7 Å². The molecule has 0 aromatic rings. The summed E-state index contributed by atoms with van der Waals surface area (Å²) in [5.41, 5.74) is 0. The summed E-state index contributed by atoms with van der Waals surface area (Å²) in [5, 5.41) is 6.51. The zero-order valence-corrected chi connectivity index (χ0v) is 11.4. The van der Waals surface area contributed by atoms with Gasteiger partial charge in [0.1, 0.15) is 6.10 Å². The van der Waals surface area contributed by atoms with Gasteiger partial charge in [-0.3, -0.25) is 4.79 Å². The number of morpholine rings is 1. The van der Waals surface area contributed by atoms with Gasteiger partial charge in [0, 0.05) is 19.1 Å². The minimum Gasteiger partial charge on any atom is -0.366 e. The maximum absolute atomic E-state index is 12.2. The van der Waals surface area contributed by atoms with Crippen LogP contribution < -0.4 is 10.6 Å². The van der Waals surface area contributed by atoms with Crippen LogP contribution >= 0.6 is 0 Å². The number of hydrogen-bond donors (Lipinski definition) is 2. The van der Waals surface area contributed by atoms with Gasteiger partial charge >= 0.3 is 0 Å². The van der Waals surface area contributed by atoms with Crippen LogP contribution in [0.4, 0.5) is 0 Å². The molecule has 3 aliphatic carbocycles. The second-order valence-corrected chi connectivity index (χ2v) is 6.83. The SMILES string of the molecule is O=C(NC1CC2CC1C1CCCC21)C1CNCCO1. The normalized spacial score (nSPS) is 48.2. The molecule has 106 valence electrons. The summed E-state index contributed by atoms with van der Waals surface area (Å²) in [6, 6.07) is 0.433. The van der Waals surface area contributed by atoms with Crippen LogP contribution in [0.1, 0.15) is 32.1 Å². The van der Waals surface area contributed by atoms with Crippen LogP contribution in [-0.2, 0) is 9.53 Å². The largest absolute Gasteiger partial charge is 0.366 e. The van der Waals surface area contributed by atoms with Crippen LogP contribution in [0.15, 0.2) is 0 Å². The number of ether oxygens (including phenoxy) is 1. The van der Waals surface area contributed by atoms with Crippen molar-refractivity contribution in [2.24, 2.45) is 23.7 Å². The van der Waals surface area contributed by atoms with E-state index >= 15 is 0 Å². The van der Waals surface area contributed by atoms with E-state index in [0.29, 0.717) is 19.2 Å². The molecule has 2 bridgehead atoms. The van der Waals surface area contributed by atoms with E-state index in [0.717, 1.165) is 30.2 Å². The molecule has 4 fully saturated rings. The molecule has 4 rings (SSSR count). The lowest BCUT2D eigenvalue weighted by Crippen LogP contribution is -2.52. The molecule has 6 unspecified atom stereocenters. The Labute approximate surface area is 114 Å². The highest BCUT2D eigenvalue weighted by atomic mass is 16.5. The lowest BCUT2D eigenvalue weighted by Gasteiger charge is -2.33. The Balaban J connectivity index is 1.37. The van der Waals surface area contributed by atoms with Crippen LogP contribution in [0.2, 0.25) is 0 Å². The van der Waals surface area contributed by atoms with E-state index in [2.05, 4.69) is 10.6 Å². The van der Waals surface area contributed by atoms with E-state index in [-0.39, 0.29) is 12.0 Å². The van der Waals surface area contributed by atoms with Crippen molar-refractivity contribution in [1.29, 1.82) is 0 Å². The Morgan fingerprint density at radius 1 is 1.16 bits per heavy atom. The van der Waals surface area contributed by atoms with Gasteiger partial charge in [-0.25, -0.2) is 0 Å². The van der Waals surface area contributed by atoms with Gasteiger partial charge in [0.25, 0.3) is 5.91 Å². The van der Waals surface area contributed by atoms with Crippen molar-refractivity contribution >= 4 is 5.91 Å². The van der Waals surface area contributed by atoms with Gasteiger partial charge in [-0.1, -0.05) is 6.42 Å². The molecule has 1 heterocycles. The second-order valence-electron chi connectivity index (χ2n) is 6.83. The first-order valence-electron chi connectivity index (χ1n) is 7.95. The summed E-state index contributed by atoms with van der Waals surface area (Å²) in [4.78, 5) is 12.2. The van der Waals surface area contributed by atoms with E-state index in [4.69, 9.17) is 4.74 Å². The smallest absolute Gasteiger partial charge is 0.250 e. The van der Waals surface area contributed by atoms with E-state index in [1.165, 1.54) is 32.1 Å². The fraction of sp³-hybridized carbons (Fsp3) is 0.933. The van der Waals surface area contributed by atoms with E-state index in [1.54, 1.807) is 0 Å². The van der Waals surface area contributed by atoms with Gasteiger partial charge in [-0.05, 0) is 49.4 Å². The van der Waals surface area contributed by atoms with E-state index < -0.39 is 0 Å². The third kappa shape index (κ3) is 2.00. The molecule has 6 atom stereocenters. The number of hydrogen-bond acceptors (Lipinski definition) is 3. The van der Waals surface area contributed by atoms with Crippen molar-refractivity contribution in [1.82, 2.24) is 10.6 Å². The lowest BCUT2D eigenvalue weighted by atomic mass is 9.79. The molecule has 1 aliphatic heterocycles. The Morgan fingerprint density at radius 2 is 2.05 bits per heavy atom. The van der Waals surface area contributed by atoms with Gasteiger partial charge in [0.15, 0.2) is 0 Å². The average Bonchev–Trinajstić information content (AvgIpc) is 3.11. The molecule has 0 aromatic carbocycles. The van der Waals surface area contributed by atoms with Crippen molar-refractivity contribution in [2.75, 3.05) is 19.7 Å². The molecule has 3 saturated carbocycles. The number of nitrogens with one attached hydrogen (secondary N) is 2. The van der Waals surface area contributed by atoms with Gasteiger partial charge in [-0.2, -0.15) is 0 Å². The number of carbonyl (C=O) groups excluding carboxylic acids is 1. The maximum Gasteiger partial charge on any atom is 0.250 e. The van der Waals surface area contributed by atoms with Gasteiger partial charge < -0.3 is 15.4 Å². The first-order chi connectivity index (χ1) is 9.33. The second kappa shape index (κ2) is 4.74. The number of rotatable bonds is 2. The number of fused-ring (bicyclic) bond motifs is 5. The Hall–Kier alpha value is -0.610. The molecule has 0 aromatic heterocycles. The third-order valence-electron chi connectivity index (χ3n) is 5.98. The standard InChI is InChI=1S/C15H24N2O2/c18-15(14-8-16-4-5-19-14)17-13-7-9-6-12(13)11-3-1-2-10(9)11/h9-14,16H,1-8H2,(H,17,18). The fourth-order valence-corrected chi connectivity index (χ4v) is 5.24. The topological polar surface area (TPSA) is 50.4 Å². The summed E-state index contributed by atoms with van der Waals surface area (Å²) in [7, 11) is 0. The predicted molar refractivity (Wildman–Crippen MR) is 71.6 cm³/mol. The van der Waals surface area contributed by atoms with Crippen molar-refractivity contribution in [2.45, 2.75) is 44.2 Å². The summed E-state index contributed by atoms with van der Waals surface area (Å²) in [6.45, 7) is 2.18. The highest BCUT2D eigenvalue weighted by Crippen LogP contribution is 2.58. The van der Waals surface area contributed by atoms with Gasteiger partial charge in [0.2, 0.25) is 0 Å². The van der Waals surface area contributed by atoms with E-state index in [9.17, 15) is 4.79 Å². The quantitative estimate of drug-likeness (QED) is 0.779. The first-order valence-corrected chi connectivity index (χ1v) is 7.95. The van der Waals surface area contributed by atoms with Crippen LogP contribution in [0.25, 0.3) is 0 Å². The highest BCUT2D eigenvalue weighted by Gasteiger charge is 2.54. The molecule has 4 heteroatoms. The zero-order chi connectivity index (χ0) is 12.8. The van der Waals surface area contributed by atoms with Gasteiger partial charge in [0.05, 0.1) is 6.61 Å². The van der Waals surface area contributed by atoms with Crippen LogP contribution in [0, 0.1) is 23.7 Å². The highest BCUT2D eigenvalue weighted by molar-refractivity contribution is 5.81. The molecule has 1 saturated heterocycles. The molecule has 0 spiro atoms. The van der Waals surface area contributed by atoms with E-state index in [1.807, 2.05) is 0 Å². The van der Waals surface area contributed by atoms with Crippen LogP contribution in [0.5, 0.6) is 0 Å². The van der Waals surface area contributed by atoms with Crippen molar-refractivity contribution < 1.29 is 9.53 Å². The lowest BCUT2D eigenvalue weighted by molar-refractivity contribution is -0.135. The minimum absolute atomic E-state index is 0.110. The molecule has 2 N–H and O–H groups in total. The van der Waals surface area contributed by atoms with Crippen molar-refractivity contribution in [3.05, 3.63) is 0 Å². The molecular formula is C15H24N2O2. The predicted octanol–water partition coefficient (Wildman–Crippen LogP) is 0.916. The summed E-state index contributed by atoms with van der Waals surface area (Å²) < 4.78 is 5.54. The Morgan fingerprint density at radius 3 is 2.89 bits per heavy atom. The monoisotopic (exact) mass is 264 g/mol. The van der Waals surface area contributed by atoms with Crippen LogP contribution in [0.3, 0.4) is 0 Å². The van der Waals surface area contributed by atoms with Crippen molar-refractivity contribution in [3.8, 4) is 0 Å². The molecular weight excluding hydrogens is 240 g/mol. The van der Waals surface area contributed by atoms with Crippen molar-refractivity contribution in [3.63, 3.8) is 0 Å². The summed E-state index contributed by atoms with van der Waals surface area (Å²) in [6.07, 6.45) is 6.58. The zero-order valence-electron chi connectivity index (χ0n) is 11.4. The molecule has 4 nitrogen and oxygen atoms in total. The van der Waals surface area contributed by atoms with Gasteiger partial charge in [-0.15, -0.1) is 0 Å². The number of carbonyl (C=O) groups is 1. The average molecular weight is 264 g/mol. The minimum atomic E-state index is -0.271. The summed E-state index contributed by atoms with van der Waals surface area (Å²) >= 11 is 0. The fourth-order valence-electron chi connectivity index (χ4n) is 5.24. The Bertz CT molecular complexity index is 367. The third-order valence-corrected chi connectivity index (χ3v) is 5.98.